The summed E-state index contributed by atoms with van der Waals surface area (Å²) >= 11 is 1.85. The van der Waals surface area contributed by atoms with Crippen molar-refractivity contribution in [2.75, 3.05) is 43.0 Å². The van der Waals surface area contributed by atoms with Crippen molar-refractivity contribution in [1.29, 1.82) is 0 Å². The Hall–Kier alpha value is -1.77. The van der Waals surface area contributed by atoms with Crippen molar-refractivity contribution in [3.05, 3.63) is 5.69 Å². The first-order valence-corrected chi connectivity index (χ1v) is 8.75. The predicted octanol–water partition coefficient (Wildman–Crippen LogP) is 1.01. The Morgan fingerprint density at radius 3 is 2.59 bits per heavy atom. The van der Waals surface area contributed by atoms with Gasteiger partial charge in [0.05, 0.1) is 0 Å². The number of nitrogens with one attached hydrogen (secondary N) is 2. The topological polar surface area (TPSA) is 94.2 Å². The second kappa shape index (κ2) is 6.99. The number of carbonyl (C=O) groups is 2. The summed E-state index contributed by atoms with van der Waals surface area (Å²) in [5.41, 5.74) is 0.194. The van der Waals surface area contributed by atoms with Crippen molar-refractivity contribution in [3.8, 4) is 0 Å². The summed E-state index contributed by atoms with van der Waals surface area (Å²) < 4.78 is 0. The van der Waals surface area contributed by atoms with Crippen LogP contribution in [0.5, 0.6) is 0 Å². The van der Waals surface area contributed by atoms with E-state index in [-0.39, 0.29) is 23.5 Å². The number of aromatic nitrogens is 3. The molecule has 2 saturated heterocycles. The molecule has 1 aromatic rings. The van der Waals surface area contributed by atoms with Crippen LogP contribution < -0.4 is 5.32 Å². The normalized spacial score (nSPS) is 19.1. The van der Waals surface area contributed by atoms with Gasteiger partial charge in [-0.25, -0.2) is 4.79 Å². The van der Waals surface area contributed by atoms with Gasteiger partial charge in [0, 0.05) is 31.9 Å². The van der Waals surface area contributed by atoms with E-state index < -0.39 is 0 Å². The van der Waals surface area contributed by atoms with Crippen molar-refractivity contribution in [2.24, 2.45) is 0 Å². The molecule has 9 heteroatoms. The summed E-state index contributed by atoms with van der Waals surface area (Å²) in [5, 5.41) is 13.0. The zero-order valence-corrected chi connectivity index (χ0v) is 13.2. The standard InChI is InChI=1S/C13H20N6O2S/c20-12(18-4-1-2-5-18)10-11(16-17-15-10)14-13(21)19-6-3-8-22-9-7-19/h1-9H2,(H2,14,15,16,17,21). The smallest absolute Gasteiger partial charge is 0.323 e. The van der Waals surface area contributed by atoms with Crippen molar-refractivity contribution in [3.63, 3.8) is 0 Å². The molecule has 3 amide bonds. The molecule has 0 spiro atoms. The number of amides is 3. The van der Waals surface area contributed by atoms with E-state index in [4.69, 9.17) is 0 Å². The molecule has 2 aliphatic rings. The van der Waals surface area contributed by atoms with Crippen LogP contribution in [0.3, 0.4) is 0 Å². The largest absolute Gasteiger partial charge is 0.337 e. The number of carbonyl (C=O) groups excluding carboxylic acids is 2. The van der Waals surface area contributed by atoms with Crippen LogP contribution in [0, 0.1) is 0 Å². The Morgan fingerprint density at radius 1 is 1.00 bits per heavy atom. The molecule has 0 atom stereocenters. The van der Waals surface area contributed by atoms with Gasteiger partial charge >= 0.3 is 6.03 Å². The first kappa shape index (κ1) is 15.1. The molecule has 2 aliphatic heterocycles. The zero-order chi connectivity index (χ0) is 15.4. The highest BCUT2D eigenvalue weighted by Crippen LogP contribution is 2.17. The molecule has 1 aromatic heterocycles. The van der Waals surface area contributed by atoms with Crippen LogP contribution in [0.25, 0.3) is 0 Å². The lowest BCUT2D eigenvalue weighted by atomic mass is 10.3. The van der Waals surface area contributed by atoms with Gasteiger partial charge in [-0.05, 0) is 25.0 Å². The van der Waals surface area contributed by atoms with E-state index in [0.29, 0.717) is 6.54 Å². The van der Waals surface area contributed by atoms with Gasteiger partial charge < -0.3 is 9.80 Å². The number of aromatic amines is 1. The third-order valence-corrected chi connectivity index (χ3v) is 4.93. The van der Waals surface area contributed by atoms with Crippen LogP contribution in [-0.4, -0.2) is 74.8 Å². The van der Waals surface area contributed by atoms with Crippen molar-refractivity contribution < 1.29 is 9.59 Å². The van der Waals surface area contributed by atoms with Gasteiger partial charge in [0.2, 0.25) is 0 Å². The van der Waals surface area contributed by atoms with Gasteiger partial charge in [0.15, 0.2) is 11.5 Å². The van der Waals surface area contributed by atoms with Crippen molar-refractivity contribution in [2.45, 2.75) is 19.3 Å². The van der Waals surface area contributed by atoms with E-state index in [0.717, 1.165) is 50.4 Å². The number of hydrogen-bond acceptors (Lipinski definition) is 5. The summed E-state index contributed by atoms with van der Waals surface area (Å²) in [6.07, 6.45) is 3.00. The predicted molar refractivity (Wildman–Crippen MR) is 84.1 cm³/mol. The lowest BCUT2D eigenvalue weighted by molar-refractivity contribution is 0.0788. The van der Waals surface area contributed by atoms with Gasteiger partial charge in [0.1, 0.15) is 0 Å². The Labute approximate surface area is 133 Å². The highest BCUT2D eigenvalue weighted by atomic mass is 32.2. The van der Waals surface area contributed by atoms with Gasteiger partial charge in [-0.1, -0.05) is 0 Å². The van der Waals surface area contributed by atoms with Crippen LogP contribution in [0.15, 0.2) is 0 Å². The molecule has 2 fully saturated rings. The monoisotopic (exact) mass is 324 g/mol. The number of anilines is 1. The third-order valence-electron chi connectivity index (χ3n) is 3.88. The van der Waals surface area contributed by atoms with E-state index in [1.807, 2.05) is 11.8 Å². The average molecular weight is 324 g/mol. The summed E-state index contributed by atoms with van der Waals surface area (Å²) in [4.78, 5) is 28.2. The minimum absolute atomic E-state index is 0.173. The summed E-state index contributed by atoms with van der Waals surface area (Å²) in [7, 11) is 0. The first-order chi connectivity index (χ1) is 10.8. The lowest BCUT2D eigenvalue weighted by Crippen LogP contribution is -2.37. The molecular weight excluding hydrogens is 304 g/mol. The number of thioether (sulfide) groups is 1. The van der Waals surface area contributed by atoms with Gasteiger partial charge in [0.25, 0.3) is 5.91 Å². The van der Waals surface area contributed by atoms with E-state index in [9.17, 15) is 9.59 Å². The van der Waals surface area contributed by atoms with Gasteiger partial charge in [-0.3, -0.25) is 10.1 Å². The first-order valence-electron chi connectivity index (χ1n) is 7.59. The molecule has 22 heavy (non-hydrogen) atoms. The number of likely N-dealkylation sites (tertiary alicyclic amines) is 1. The molecule has 120 valence electrons. The molecule has 0 unspecified atom stereocenters. The maximum absolute atomic E-state index is 12.4. The third kappa shape index (κ3) is 3.34. The molecule has 0 saturated carbocycles. The van der Waals surface area contributed by atoms with Crippen molar-refractivity contribution >= 4 is 29.5 Å². The maximum Gasteiger partial charge on any atom is 0.323 e. The molecule has 3 rings (SSSR count). The van der Waals surface area contributed by atoms with Crippen LogP contribution in [0.4, 0.5) is 10.6 Å². The van der Waals surface area contributed by atoms with Gasteiger partial charge in [-0.15, -0.1) is 10.2 Å². The molecule has 0 radical (unpaired) electrons. The van der Waals surface area contributed by atoms with Crippen molar-refractivity contribution in [1.82, 2.24) is 25.2 Å². The number of urea groups is 1. The zero-order valence-electron chi connectivity index (χ0n) is 12.4. The molecule has 0 aliphatic carbocycles. The lowest BCUT2D eigenvalue weighted by Gasteiger charge is -2.20. The molecule has 0 aromatic carbocycles. The summed E-state index contributed by atoms with van der Waals surface area (Å²) in [5.74, 6) is 2.06. The van der Waals surface area contributed by atoms with E-state index in [2.05, 4.69) is 20.7 Å². The molecule has 3 heterocycles. The number of nitrogens with zero attached hydrogens (tertiary/aromatic N) is 4. The summed E-state index contributed by atoms with van der Waals surface area (Å²) in [6.45, 7) is 2.92. The SMILES string of the molecule is O=C(Nc1n[nH]nc1C(=O)N1CCCC1)N1CCCSCC1. The van der Waals surface area contributed by atoms with Gasteiger partial charge in [-0.2, -0.15) is 17.0 Å². The number of H-pyrrole nitrogens is 1. The Bertz CT molecular complexity index is 534. The number of hydrogen-bond donors (Lipinski definition) is 2. The average Bonchev–Trinajstić information content (AvgIpc) is 3.13. The van der Waals surface area contributed by atoms with Crippen LogP contribution in [-0.2, 0) is 0 Å². The molecule has 0 bridgehead atoms. The number of rotatable bonds is 2. The Morgan fingerprint density at radius 2 is 1.77 bits per heavy atom. The Balaban J connectivity index is 1.66. The second-order valence-electron chi connectivity index (χ2n) is 5.40. The van der Waals surface area contributed by atoms with Crippen LogP contribution in [0.2, 0.25) is 0 Å². The van der Waals surface area contributed by atoms with E-state index >= 15 is 0 Å². The maximum atomic E-state index is 12.4. The molecule has 2 N–H and O–H groups in total. The Kier molecular flexibility index (Phi) is 4.81. The fourth-order valence-corrected chi connectivity index (χ4v) is 3.55. The highest BCUT2D eigenvalue weighted by Gasteiger charge is 2.26. The highest BCUT2D eigenvalue weighted by molar-refractivity contribution is 7.99. The van der Waals surface area contributed by atoms with E-state index in [1.54, 1.807) is 9.80 Å². The van der Waals surface area contributed by atoms with E-state index in [1.165, 1.54) is 0 Å². The minimum atomic E-state index is -0.216. The summed E-state index contributed by atoms with van der Waals surface area (Å²) in [6, 6.07) is -0.216. The molecule has 8 nitrogen and oxygen atoms in total. The second-order valence-corrected chi connectivity index (χ2v) is 6.63. The minimum Gasteiger partial charge on any atom is -0.337 e. The quantitative estimate of drug-likeness (QED) is 0.847. The van der Waals surface area contributed by atoms with Crippen LogP contribution >= 0.6 is 11.8 Å². The fourth-order valence-electron chi connectivity index (χ4n) is 2.67. The molecular formula is C13H20N6O2S. The fraction of sp³-hybridized carbons (Fsp3) is 0.692. The van der Waals surface area contributed by atoms with Crippen LogP contribution in [0.1, 0.15) is 29.8 Å².